The molecule has 5 nitrogen and oxygen atoms in total. The number of hydrogen-bond donors (Lipinski definition) is 1. The second-order valence-corrected chi connectivity index (χ2v) is 6.05. The van der Waals surface area contributed by atoms with Crippen LogP contribution in [0.5, 0.6) is 5.75 Å². The largest absolute Gasteiger partial charge is 0.497 e. The standard InChI is InChI=1S/C19H20ClFN2O3/c1-13(24)23(12-14-6-8-15(26-2)9-7-14)11-10-22-19(25)18-16(20)4-3-5-17(18)21/h3-9H,10-12H2,1-2H3,(H,22,25). The van der Waals surface area contributed by atoms with Gasteiger partial charge in [0.25, 0.3) is 5.91 Å². The monoisotopic (exact) mass is 378 g/mol. The molecule has 2 aromatic carbocycles. The van der Waals surface area contributed by atoms with E-state index in [1.165, 1.54) is 25.1 Å². The van der Waals surface area contributed by atoms with E-state index in [4.69, 9.17) is 16.3 Å². The zero-order valence-corrected chi connectivity index (χ0v) is 15.3. The van der Waals surface area contributed by atoms with Crippen molar-refractivity contribution in [3.8, 4) is 5.75 Å². The average molecular weight is 379 g/mol. The lowest BCUT2D eigenvalue weighted by atomic mass is 10.2. The van der Waals surface area contributed by atoms with Gasteiger partial charge >= 0.3 is 0 Å². The zero-order valence-electron chi connectivity index (χ0n) is 14.6. The van der Waals surface area contributed by atoms with E-state index in [9.17, 15) is 14.0 Å². The van der Waals surface area contributed by atoms with Gasteiger partial charge in [0.15, 0.2) is 0 Å². The third-order valence-electron chi connectivity index (χ3n) is 3.83. The molecule has 0 heterocycles. The normalized spacial score (nSPS) is 10.3. The highest BCUT2D eigenvalue weighted by atomic mass is 35.5. The van der Waals surface area contributed by atoms with Crippen LogP contribution in [0.15, 0.2) is 42.5 Å². The minimum absolute atomic E-state index is 0.0455. The summed E-state index contributed by atoms with van der Waals surface area (Å²) in [4.78, 5) is 25.5. The summed E-state index contributed by atoms with van der Waals surface area (Å²) in [5.41, 5.74) is 0.739. The minimum atomic E-state index is -0.684. The van der Waals surface area contributed by atoms with Crippen molar-refractivity contribution in [2.24, 2.45) is 0 Å². The summed E-state index contributed by atoms with van der Waals surface area (Å²) in [6.07, 6.45) is 0. The highest BCUT2D eigenvalue weighted by Crippen LogP contribution is 2.18. The summed E-state index contributed by atoms with van der Waals surface area (Å²) in [5, 5.41) is 2.64. The van der Waals surface area contributed by atoms with E-state index >= 15 is 0 Å². The molecule has 1 N–H and O–H groups in total. The van der Waals surface area contributed by atoms with Gasteiger partial charge in [0.05, 0.1) is 17.7 Å². The van der Waals surface area contributed by atoms with E-state index in [1.807, 2.05) is 24.3 Å². The third-order valence-corrected chi connectivity index (χ3v) is 4.15. The number of ether oxygens (including phenoxy) is 1. The fourth-order valence-corrected chi connectivity index (χ4v) is 2.66. The Labute approximate surface area is 156 Å². The predicted octanol–water partition coefficient (Wildman–Crippen LogP) is 3.27. The second-order valence-electron chi connectivity index (χ2n) is 5.64. The molecule has 0 aromatic heterocycles. The van der Waals surface area contributed by atoms with E-state index in [0.29, 0.717) is 13.1 Å². The molecular weight excluding hydrogens is 359 g/mol. The molecule has 0 aliphatic carbocycles. The van der Waals surface area contributed by atoms with E-state index in [2.05, 4.69) is 5.32 Å². The van der Waals surface area contributed by atoms with Gasteiger partial charge in [0.1, 0.15) is 11.6 Å². The van der Waals surface area contributed by atoms with Crippen LogP contribution < -0.4 is 10.1 Å². The molecule has 0 saturated carbocycles. The van der Waals surface area contributed by atoms with Gasteiger partial charge in [-0.05, 0) is 29.8 Å². The Hall–Kier alpha value is -2.60. The molecule has 2 rings (SSSR count). The number of methoxy groups -OCH3 is 1. The Bertz CT molecular complexity index is 761. The number of benzene rings is 2. The maximum atomic E-state index is 13.7. The average Bonchev–Trinajstić information content (AvgIpc) is 2.61. The zero-order chi connectivity index (χ0) is 19.1. The quantitative estimate of drug-likeness (QED) is 0.804. The molecule has 0 fully saturated rings. The first-order valence-electron chi connectivity index (χ1n) is 8.03. The first kappa shape index (κ1) is 19.7. The summed E-state index contributed by atoms with van der Waals surface area (Å²) in [5.74, 6) is -0.686. The van der Waals surface area contributed by atoms with Crippen LogP contribution in [0.2, 0.25) is 5.02 Å². The second kappa shape index (κ2) is 9.20. The Balaban J connectivity index is 1.94. The molecule has 2 aromatic rings. The van der Waals surface area contributed by atoms with Gasteiger partial charge < -0.3 is 15.0 Å². The van der Waals surface area contributed by atoms with Gasteiger partial charge in [-0.2, -0.15) is 0 Å². The van der Waals surface area contributed by atoms with E-state index in [-0.39, 0.29) is 23.0 Å². The Morgan fingerprint density at radius 3 is 2.46 bits per heavy atom. The van der Waals surface area contributed by atoms with Crippen molar-refractivity contribution < 1.29 is 18.7 Å². The topological polar surface area (TPSA) is 58.6 Å². The minimum Gasteiger partial charge on any atom is -0.497 e. The van der Waals surface area contributed by atoms with E-state index in [1.54, 1.807) is 12.0 Å². The van der Waals surface area contributed by atoms with Crippen LogP contribution in [-0.2, 0) is 11.3 Å². The van der Waals surface area contributed by atoms with Crippen molar-refractivity contribution in [2.45, 2.75) is 13.5 Å². The number of hydrogen-bond acceptors (Lipinski definition) is 3. The SMILES string of the molecule is COc1ccc(CN(CCNC(=O)c2c(F)cccc2Cl)C(C)=O)cc1. The van der Waals surface area contributed by atoms with E-state index in [0.717, 1.165) is 11.3 Å². The van der Waals surface area contributed by atoms with Crippen molar-refractivity contribution in [2.75, 3.05) is 20.2 Å². The molecule has 138 valence electrons. The van der Waals surface area contributed by atoms with Gasteiger partial charge in [-0.25, -0.2) is 4.39 Å². The number of halogens is 2. The molecular formula is C19H20ClFN2O3. The van der Waals surface area contributed by atoms with Gasteiger partial charge in [0, 0.05) is 26.6 Å². The maximum Gasteiger partial charge on any atom is 0.255 e. The van der Waals surface area contributed by atoms with Crippen LogP contribution >= 0.6 is 11.6 Å². The molecule has 0 bridgehead atoms. The van der Waals surface area contributed by atoms with Crippen molar-refractivity contribution >= 4 is 23.4 Å². The lowest BCUT2D eigenvalue weighted by molar-refractivity contribution is -0.129. The number of carbonyl (C=O) groups excluding carboxylic acids is 2. The number of carbonyl (C=O) groups is 2. The van der Waals surface area contributed by atoms with Gasteiger partial charge in [-0.15, -0.1) is 0 Å². The summed E-state index contributed by atoms with van der Waals surface area (Å²) in [7, 11) is 1.58. The third kappa shape index (κ3) is 5.20. The van der Waals surface area contributed by atoms with Crippen LogP contribution in [-0.4, -0.2) is 36.9 Å². The van der Waals surface area contributed by atoms with Gasteiger partial charge in [0.2, 0.25) is 5.91 Å². The number of amides is 2. The Morgan fingerprint density at radius 2 is 1.88 bits per heavy atom. The summed E-state index contributed by atoms with van der Waals surface area (Å²) in [6.45, 7) is 2.33. The maximum absolute atomic E-state index is 13.7. The van der Waals surface area contributed by atoms with Gasteiger partial charge in [-0.3, -0.25) is 9.59 Å². The summed E-state index contributed by atoms with van der Waals surface area (Å²) >= 11 is 5.87. The highest BCUT2D eigenvalue weighted by Gasteiger charge is 2.16. The lowest BCUT2D eigenvalue weighted by Gasteiger charge is -2.21. The summed E-state index contributed by atoms with van der Waals surface area (Å²) in [6, 6.07) is 11.4. The first-order chi connectivity index (χ1) is 12.4. The number of nitrogens with one attached hydrogen (secondary N) is 1. The molecule has 0 atom stereocenters. The molecule has 26 heavy (non-hydrogen) atoms. The van der Waals surface area contributed by atoms with Crippen LogP contribution in [0.3, 0.4) is 0 Å². The van der Waals surface area contributed by atoms with Crippen molar-refractivity contribution in [3.63, 3.8) is 0 Å². The Morgan fingerprint density at radius 1 is 1.19 bits per heavy atom. The van der Waals surface area contributed by atoms with Crippen molar-refractivity contribution in [1.82, 2.24) is 10.2 Å². The molecule has 0 radical (unpaired) electrons. The first-order valence-corrected chi connectivity index (χ1v) is 8.41. The molecule has 0 aliphatic rings. The molecule has 0 unspecified atom stereocenters. The van der Waals surface area contributed by atoms with Crippen LogP contribution in [0.1, 0.15) is 22.8 Å². The molecule has 2 amide bonds. The molecule has 0 aliphatic heterocycles. The lowest BCUT2D eigenvalue weighted by Crippen LogP contribution is -2.37. The van der Waals surface area contributed by atoms with Crippen LogP contribution in [0.4, 0.5) is 4.39 Å². The van der Waals surface area contributed by atoms with Gasteiger partial charge in [-0.1, -0.05) is 29.8 Å². The van der Waals surface area contributed by atoms with Crippen molar-refractivity contribution in [1.29, 1.82) is 0 Å². The van der Waals surface area contributed by atoms with Crippen LogP contribution in [0.25, 0.3) is 0 Å². The predicted molar refractivity (Wildman–Crippen MR) is 97.8 cm³/mol. The molecule has 7 heteroatoms. The molecule has 0 saturated heterocycles. The number of rotatable bonds is 7. The smallest absolute Gasteiger partial charge is 0.255 e. The number of nitrogens with zero attached hydrogens (tertiary/aromatic N) is 1. The van der Waals surface area contributed by atoms with E-state index < -0.39 is 11.7 Å². The Kier molecular flexibility index (Phi) is 6.97. The fourth-order valence-electron chi connectivity index (χ4n) is 2.41. The molecule has 0 spiro atoms. The van der Waals surface area contributed by atoms with Crippen molar-refractivity contribution in [3.05, 3.63) is 64.4 Å². The fraction of sp³-hybridized carbons (Fsp3) is 0.263. The summed E-state index contributed by atoms with van der Waals surface area (Å²) < 4.78 is 18.8. The van der Waals surface area contributed by atoms with Crippen LogP contribution in [0, 0.1) is 5.82 Å². The highest BCUT2D eigenvalue weighted by molar-refractivity contribution is 6.33.